The van der Waals surface area contributed by atoms with Crippen LogP contribution in [0.25, 0.3) is 6.08 Å². The first-order valence-corrected chi connectivity index (χ1v) is 11.7. The minimum atomic E-state index is 0.675. The third-order valence-corrected chi connectivity index (χ3v) is 7.40. The topological polar surface area (TPSA) is 0 Å². The van der Waals surface area contributed by atoms with Crippen molar-refractivity contribution < 1.29 is 0 Å². The standard InChI is InChI=1S/C29H36/c1-3-5-6-7-23-9-11-24(12-10-23)25-14-16-26(17-15-25)28-19-18-27-20-22(4-2)8-13-29(27)21-28/h3-5,8,13-17,20,23-24,28H,2,6-7,9-12,18-19,21H2,1H3/b5-3+. The molecule has 0 heteroatoms. The van der Waals surface area contributed by atoms with Crippen LogP contribution < -0.4 is 0 Å². The van der Waals surface area contributed by atoms with Crippen LogP contribution in [0.1, 0.15) is 91.5 Å². The van der Waals surface area contributed by atoms with Gasteiger partial charge in [-0.2, -0.15) is 0 Å². The van der Waals surface area contributed by atoms with E-state index in [4.69, 9.17) is 0 Å². The maximum absolute atomic E-state index is 3.91. The van der Waals surface area contributed by atoms with Crippen molar-refractivity contribution in [3.8, 4) is 0 Å². The van der Waals surface area contributed by atoms with Crippen LogP contribution in [0.5, 0.6) is 0 Å². The highest BCUT2D eigenvalue weighted by Crippen LogP contribution is 2.39. The Morgan fingerprint density at radius 3 is 2.28 bits per heavy atom. The Hall–Kier alpha value is -2.08. The second-order valence-electron chi connectivity index (χ2n) is 9.20. The molecule has 0 bridgehead atoms. The number of rotatable bonds is 6. The van der Waals surface area contributed by atoms with Gasteiger partial charge in [-0.05, 0) is 110 Å². The number of fused-ring (bicyclic) bond motifs is 1. The van der Waals surface area contributed by atoms with Crippen molar-refractivity contribution in [1.29, 1.82) is 0 Å². The fourth-order valence-electron chi connectivity index (χ4n) is 5.51. The van der Waals surface area contributed by atoms with Crippen LogP contribution in [0.15, 0.2) is 61.2 Å². The molecule has 0 spiro atoms. The first kappa shape index (κ1) is 20.2. The van der Waals surface area contributed by atoms with Gasteiger partial charge in [-0.3, -0.25) is 0 Å². The van der Waals surface area contributed by atoms with Gasteiger partial charge in [0.15, 0.2) is 0 Å². The Kier molecular flexibility index (Phi) is 6.70. The van der Waals surface area contributed by atoms with E-state index in [0.29, 0.717) is 5.92 Å². The van der Waals surface area contributed by atoms with E-state index in [-0.39, 0.29) is 0 Å². The molecule has 0 saturated heterocycles. The zero-order valence-electron chi connectivity index (χ0n) is 18.1. The van der Waals surface area contributed by atoms with Crippen LogP contribution in [0.2, 0.25) is 0 Å². The molecule has 29 heavy (non-hydrogen) atoms. The highest BCUT2D eigenvalue weighted by molar-refractivity contribution is 5.51. The minimum absolute atomic E-state index is 0.675. The average Bonchev–Trinajstić information content (AvgIpc) is 2.79. The van der Waals surface area contributed by atoms with Crippen LogP contribution in [0, 0.1) is 5.92 Å². The molecule has 0 amide bonds. The van der Waals surface area contributed by atoms with Gasteiger partial charge in [-0.1, -0.05) is 67.3 Å². The second kappa shape index (κ2) is 9.61. The minimum Gasteiger partial charge on any atom is -0.0985 e. The smallest absolute Gasteiger partial charge is 0.0118 e. The molecule has 0 aliphatic heterocycles. The summed E-state index contributed by atoms with van der Waals surface area (Å²) in [5.74, 6) is 2.41. The molecule has 1 saturated carbocycles. The number of hydrogen-bond donors (Lipinski definition) is 0. The fourth-order valence-corrected chi connectivity index (χ4v) is 5.51. The zero-order valence-corrected chi connectivity index (χ0v) is 18.1. The van der Waals surface area contributed by atoms with E-state index >= 15 is 0 Å². The largest absolute Gasteiger partial charge is 0.0985 e. The molecule has 0 radical (unpaired) electrons. The lowest BCUT2D eigenvalue weighted by molar-refractivity contribution is 0.312. The van der Waals surface area contributed by atoms with Crippen LogP contribution in [-0.2, 0) is 12.8 Å². The zero-order chi connectivity index (χ0) is 20.1. The van der Waals surface area contributed by atoms with E-state index in [1.807, 2.05) is 6.08 Å². The van der Waals surface area contributed by atoms with Crippen molar-refractivity contribution >= 4 is 6.08 Å². The third kappa shape index (κ3) is 4.92. The summed E-state index contributed by atoms with van der Waals surface area (Å²) in [7, 11) is 0. The summed E-state index contributed by atoms with van der Waals surface area (Å²) in [6.45, 7) is 6.04. The maximum atomic E-state index is 3.91. The highest BCUT2D eigenvalue weighted by atomic mass is 14.3. The third-order valence-electron chi connectivity index (χ3n) is 7.40. The van der Waals surface area contributed by atoms with Crippen molar-refractivity contribution in [3.63, 3.8) is 0 Å². The van der Waals surface area contributed by atoms with E-state index in [9.17, 15) is 0 Å². The summed E-state index contributed by atoms with van der Waals surface area (Å²) in [5.41, 5.74) is 7.43. The molecule has 2 aromatic rings. The molecule has 2 aliphatic rings. The fraction of sp³-hybridized carbons (Fsp3) is 0.448. The molecule has 2 aromatic carbocycles. The first-order valence-electron chi connectivity index (χ1n) is 11.7. The molecule has 1 unspecified atom stereocenters. The van der Waals surface area contributed by atoms with Crippen LogP contribution in [-0.4, -0.2) is 0 Å². The van der Waals surface area contributed by atoms with Gasteiger partial charge in [0.25, 0.3) is 0 Å². The monoisotopic (exact) mass is 384 g/mol. The summed E-state index contributed by atoms with van der Waals surface area (Å²) >= 11 is 0. The SMILES string of the molecule is C=Cc1ccc2c(c1)CCC(c1ccc(C3CCC(CC/C=C/C)CC3)cc1)C2. The van der Waals surface area contributed by atoms with E-state index < -0.39 is 0 Å². The molecule has 152 valence electrons. The predicted octanol–water partition coefficient (Wildman–Crippen LogP) is 8.23. The van der Waals surface area contributed by atoms with Gasteiger partial charge in [-0.15, -0.1) is 0 Å². The summed E-state index contributed by atoms with van der Waals surface area (Å²) in [6.07, 6.45) is 18.3. The number of hydrogen-bond acceptors (Lipinski definition) is 0. The Labute approximate surface area is 177 Å². The molecule has 0 heterocycles. The number of allylic oxidation sites excluding steroid dienone is 2. The Balaban J connectivity index is 1.34. The molecule has 0 N–H and O–H groups in total. The lowest BCUT2D eigenvalue weighted by Crippen LogP contribution is -2.14. The molecule has 1 atom stereocenters. The number of aryl methyl sites for hydroxylation is 1. The van der Waals surface area contributed by atoms with E-state index in [1.165, 1.54) is 80.0 Å². The van der Waals surface area contributed by atoms with Gasteiger partial charge >= 0.3 is 0 Å². The molecule has 4 rings (SSSR count). The highest BCUT2D eigenvalue weighted by Gasteiger charge is 2.23. The van der Waals surface area contributed by atoms with Crippen molar-refractivity contribution in [2.45, 2.75) is 76.5 Å². The summed E-state index contributed by atoms with van der Waals surface area (Å²) in [6, 6.07) is 16.6. The van der Waals surface area contributed by atoms with E-state index in [0.717, 1.165) is 11.8 Å². The van der Waals surface area contributed by atoms with Gasteiger partial charge in [-0.25, -0.2) is 0 Å². The summed E-state index contributed by atoms with van der Waals surface area (Å²) < 4.78 is 0. The van der Waals surface area contributed by atoms with Gasteiger partial charge in [0.2, 0.25) is 0 Å². The van der Waals surface area contributed by atoms with Gasteiger partial charge in [0.05, 0.1) is 0 Å². The van der Waals surface area contributed by atoms with Gasteiger partial charge < -0.3 is 0 Å². The normalized spacial score (nSPS) is 24.4. The second-order valence-corrected chi connectivity index (χ2v) is 9.20. The Morgan fingerprint density at radius 2 is 1.59 bits per heavy atom. The van der Waals surface area contributed by atoms with Crippen LogP contribution in [0.3, 0.4) is 0 Å². The van der Waals surface area contributed by atoms with E-state index in [1.54, 1.807) is 5.56 Å². The van der Waals surface area contributed by atoms with Crippen molar-refractivity contribution in [2.75, 3.05) is 0 Å². The molecular formula is C29H36. The molecule has 2 aliphatic carbocycles. The first-order chi connectivity index (χ1) is 14.3. The van der Waals surface area contributed by atoms with E-state index in [2.05, 4.69) is 68.1 Å². The van der Waals surface area contributed by atoms with Crippen molar-refractivity contribution in [2.24, 2.45) is 5.92 Å². The average molecular weight is 385 g/mol. The molecular weight excluding hydrogens is 348 g/mol. The van der Waals surface area contributed by atoms with Gasteiger partial charge in [0, 0.05) is 0 Å². The predicted molar refractivity (Wildman–Crippen MR) is 126 cm³/mol. The summed E-state index contributed by atoms with van der Waals surface area (Å²) in [5, 5.41) is 0. The maximum Gasteiger partial charge on any atom is -0.0118 e. The quantitative estimate of drug-likeness (QED) is 0.440. The lowest BCUT2D eigenvalue weighted by atomic mass is 9.76. The molecule has 0 nitrogen and oxygen atoms in total. The lowest BCUT2D eigenvalue weighted by Gasteiger charge is -2.29. The Morgan fingerprint density at radius 1 is 0.862 bits per heavy atom. The van der Waals surface area contributed by atoms with Crippen LogP contribution in [0.4, 0.5) is 0 Å². The van der Waals surface area contributed by atoms with Gasteiger partial charge in [0.1, 0.15) is 0 Å². The molecule has 0 aromatic heterocycles. The van der Waals surface area contributed by atoms with Crippen LogP contribution >= 0.6 is 0 Å². The van der Waals surface area contributed by atoms with Crippen molar-refractivity contribution in [3.05, 3.63) is 89.0 Å². The van der Waals surface area contributed by atoms with Crippen molar-refractivity contribution in [1.82, 2.24) is 0 Å². The number of benzene rings is 2. The summed E-state index contributed by atoms with van der Waals surface area (Å²) in [4.78, 5) is 0. The molecule has 1 fully saturated rings. The Bertz CT molecular complexity index is 831.